The van der Waals surface area contributed by atoms with Crippen LogP contribution in [0, 0.1) is 0 Å². The summed E-state index contributed by atoms with van der Waals surface area (Å²) in [5, 5.41) is 12.0. The molecule has 0 unspecified atom stereocenters. The van der Waals surface area contributed by atoms with Crippen molar-refractivity contribution >= 4 is 34.5 Å². The van der Waals surface area contributed by atoms with Crippen LogP contribution < -0.4 is 5.32 Å². The van der Waals surface area contributed by atoms with E-state index in [9.17, 15) is 9.59 Å². The number of anilines is 2. The van der Waals surface area contributed by atoms with Crippen LogP contribution in [-0.2, 0) is 4.74 Å². The van der Waals surface area contributed by atoms with Crippen molar-refractivity contribution in [2.75, 3.05) is 11.9 Å². The average Bonchev–Trinajstić information content (AvgIpc) is 2.61. The van der Waals surface area contributed by atoms with E-state index in [1.807, 2.05) is 12.1 Å². The number of esters is 1. The molecule has 0 amide bonds. The first-order valence-corrected chi connectivity index (χ1v) is 7.62. The fraction of sp³-hybridized carbons (Fsp3) is 0.111. The minimum absolute atomic E-state index is 0.0721. The van der Waals surface area contributed by atoms with E-state index in [0.717, 1.165) is 0 Å². The van der Waals surface area contributed by atoms with E-state index in [4.69, 9.17) is 9.84 Å². The monoisotopic (exact) mass is 337 g/mol. The molecule has 7 heteroatoms. The van der Waals surface area contributed by atoms with Gasteiger partial charge in [0.2, 0.25) is 0 Å². The van der Waals surface area contributed by atoms with Gasteiger partial charge in [0.1, 0.15) is 0 Å². The second-order valence-corrected chi connectivity index (χ2v) is 5.14. The normalized spacial score (nSPS) is 10.4. The molecule has 1 heterocycles. The Morgan fingerprint density at radius 3 is 2.28 bits per heavy atom. The van der Waals surface area contributed by atoms with Gasteiger partial charge < -0.3 is 15.2 Å². The van der Waals surface area contributed by atoms with E-state index >= 15 is 0 Å². The number of para-hydroxylation sites is 2. The Labute approximate surface area is 143 Å². The molecule has 0 aliphatic heterocycles. The van der Waals surface area contributed by atoms with Gasteiger partial charge in [-0.15, -0.1) is 0 Å². The average molecular weight is 337 g/mol. The maximum atomic E-state index is 12.2. The van der Waals surface area contributed by atoms with Gasteiger partial charge in [-0.05, 0) is 43.3 Å². The number of rotatable bonds is 5. The first-order chi connectivity index (χ1) is 12.1. The van der Waals surface area contributed by atoms with E-state index in [-0.39, 0.29) is 23.7 Å². The standard InChI is InChI=1S/C18H15N3O4/c1-2-25-18(24)15-16(21-14-6-4-3-5-13(14)20-15)19-12-9-7-11(8-10-12)17(22)23/h3-10H,2H2,1H3,(H,19,21)(H,22,23). The molecule has 1 aromatic heterocycles. The maximum Gasteiger partial charge on any atom is 0.360 e. The number of fused-ring (bicyclic) bond motifs is 1. The second kappa shape index (κ2) is 6.96. The summed E-state index contributed by atoms with van der Waals surface area (Å²) < 4.78 is 5.05. The van der Waals surface area contributed by atoms with Crippen molar-refractivity contribution in [3.8, 4) is 0 Å². The summed E-state index contributed by atoms with van der Waals surface area (Å²) in [5.41, 5.74) is 2.03. The minimum atomic E-state index is -1.01. The number of carbonyl (C=O) groups excluding carboxylic acids is 1. The van der Waals surface area contributed by atoms with Gasteiger partial charge >= 0.3 is 11.9 Å². The van der Waals surface area contributed by atoms with Gasteiger partial charge in [-0.1, -0.05) is 12.1 Å². The van der Waals surface area contributed by atoms with Gasteiger partial charge in [0.25, 0.3) is 0 Å². The van der Waals surface area contributed by atoms with Crippen molar-refractivity contribution in [3.63, 3.8) is 0 Å². The number of hydrogen-bond acceptors (Lipinski definition) is 6. The molecule has 3 rings (SSSR count). The first kappa shape index (κ1) is 16.4. The van der Waals surface area contributed by atoms with Crippen molar-refractivity contribution in [3.05, 3.63) is 59.8 Å². The van der Waals surface area contributed by atoms with Gasteiger partial charge in [-0.3, -0.25) is 0 Å². The second-order valence-electron chi connectivity index (χ2n) is 5.14. The fourth-order valence-corrected chi connectivity index (χ4v) is 2.26. The van der Waals surface area contributed by atoms with Crippen molar-refractivity contribution in [1.82, 2.24) is 9.97 Å². The lowest BCUT2D eigenvalue weighted by Crippen LogP contribution is -2.12. The molecule has 0 saturated carbocycles. The molecule has 25 heavy (non-hydrogen) atoms. The summed E-state index contributed by atoms with van der Waals surface area (Å²) in [4.78, 5) is 31.9. The highest BCUT2D eigenvalue weighted by Gasteiger charge is 2.18. The van der Waals surface area contributed by atoms with Crippen molar-refractivity contribution in [2.45, 2.75) is 6.92 Å². The number of hydrogen-bond donors (Lipinski definition) is 2. The number of carbonyl (C=O) groups is 2. The van der Waals surface area contributed by atoms with E-state index in [1.54, 1.807) is 31.2 Å². The molecule has 0 fully saturated rings. The van der Waals surface area contributed by atoms with Crippen LogP contribution in [0.2, 0.25) is 0 Å². The zero-order chi connectivity index (χ0) is 17.8. The lowest BCUT2D eigenvalue weighted by Gasteiger charge is -2.11. The maximum absolute atomic E-state index is 12.2. The van der Waals surface area contributed by atoms with Crippen molar-refractivity contribution in [2.24, 2.45) is 0 Å². The lowest BCUT2D eigenvalue weighted by molar-refractivity contribution is 0.0520. The summed E-state index contributed by atoms with van der Waals surface area (Å²) in [5.74, 6) is -1.34. The summed E-state index contributed by atoms with van der Waals surface area (Å²) >= 11 is 0. The molecule has 0 aliphatic carbocycles. The molecule has 2 aromatic carbocycles. The Hall–Kier alpha value is -3.48. The van der Waals surface area contributed by atoms with E-state index in [1.165, 1.54) is 12.1 Å². The molecular weight excluding hydrogens is 322 g/mol. The lowest BCUT2D eigenvalue weighted by atomic mass is 10.2. The first-order valence-electron chi connectivity index (χ1n) is 7.62. The molecular formula is C18H15N3O4. The van der Waals surface area contributed by atoms with Gasteiger partial charge in [-0.25, -0.2) is 19.6 Å². The van der Waals surface area contributed by atoms with Crippen LogP contribution in [0.15, 0.2) is 48.5 Å². The minimum Gasteiger partial charge on any atom is -0.478 e. The predicted molar refractivity (Wildman–Crippen MR) is 92.2 cm³/mol. The Morgan fingerprint density at radius 1 is 1.04 bits per heavy atom. The van der Waals surface area contributed by atoms with Crippen LogP contribution >= 0.6 is 0 Å². The van der Waals surface area contributed by atoms with Gasteiger partial charge in [-0.2, -0.15) is 0 Å². The topological polar surface area (TPSA) is 101 Å². The number of benzene rings is 2. The molecule has 0 saturated heterocycles. The number of nitrogens with one attached hydrogen (secondary N) is 1. The Bertz CT molecular complexity index is 939. The molecule has 0 aliphatic rings. The molecule has 126 valence electrons. The molecule has 0 radical (unpaired) electrons. The van der Waals surface area contributed by atoms with Crippen LogP contribution in [0.3, 0.4) is 0 Å². The van der Waals surface area contributed by atoms with Gasteiger partial charge in [0, 0.05) is 5.69 Å². The van der Waals surface area contributed by atoms with E-state index in [0.29, 0.717) is 16.7 Å². The molecule has 0 spiro atoms. The van der Waals surface area contributed by atoms with Crippen LogP contribution in [-0.4, -0.2) is 33.6 Å². The SMILES string of the molecule is CCOC(=O)c1nc2ccccc2nc1Nc1ccc(C(=O)O)cc1. The van der Waals surface area contributed by atoms with Crippen molar-refractivity contribution in [1.29, 1.82) is 0 Å². The fourth-order valence-electron chi connectivity index (χ4n) is 2.26. The van der Waals surface area contributed by atoms with Crippen LogP contribution in [0.1, 0.15) is 27.8 Å². The third-order valence-corrected chi connectivity index (χ3v) is 3.43. The third-order valence-electron chi connectivity index (χ3n) is 3.43. The summed E-state index contributed by atoms with van der Waals surface area (Å²) in [6.45, 7) is 1.93. The number of aromatic carboxylic acids is 1. The summed E-state index contributed by atoms with van der Waals surface area (Å²) in [6, 6.07) is 13.3. The number of ether oxygens (including phenoxy) is 1. The largest absolute Gasteiger partial charge is 0.478 e. The number of aromatic nitrogens is 2. The van der Waals surface area contributed by atoms with Crippen LogP contribution in [0.5, 0.6) is 0 Å². The molecule has 7 nitrogen and oxygen atoms in total. The van der Waals surface area contributed by atoms with Crippen LogP contribution in [0.4, 0.5) is 11.5 Å². The molecule has 3 aromatic rings. The van der Waals surface area contributed by atoms with Crippen LogP contribution in [0.25, 0.3) is 11.0 Å². The highest BCUT2D eigenvalue weighted by atomic mass is 16.5. The molecule has 2 N–H and O–H groups in total. The Balaban J connectivity index is 2.01. The summed E-state index contributed by atoms with van der Waals surface area (Å²) in [7, 11) is 0. The zero-order valence-corrected chi connectivity index (χ0v) is 13.4. The van der Waals surface area contributed by atoms with E-state index < -0.39 is 11.9 Å². The molecule has 0 atom stereocenters. The number of carboxylic acid groups (broad SMARTS) is 1. The predicted octanol–water partition coefficient (Wildman–Crippen LogP) is 3.25. The quantitative estimate of drug-likeness (QED) is 0.689. The zero-order valence-electron chi connectivity index (χ0n) is 13.4. The van der Waals surface area contributed by atoms with Gasteiger partial charge in [0.15, 0.2) is 11.5 Å². The third kappa shape index (κ3) is 3.55. The number of carboxylic acids is 1. The Morgan fingerprint density at radius 2 is 1.68 bits per heavy atom. The smallest absolute Gasteiger partial charge is 0.360 e. The van der Waals surface area contributed by atoms with E-state index in [2.05, 4.69) is 15.3 Å². The summed E-state index contributed by atoms with van der Waals surface area (Å²) in [6.07, 6.45) is 0. The number of nitrogens with zero attached hydrogens (tertiary/aromatic N) is 2. The van der Waals surface area contributed by atoms with Gasteiger partial charge in [0.05, 0.1) is 23.2 Å². The molecule has 0 bridgehead atoms. The highest BCUT2D eigenvalue weighted by Crippen LogP contribution is 2.22. The highest BCUT2D eigenvalue weighted by molar-refractivity contribution is 5.96. The van der Waals surface area contributed by atoms with Crippen molar-refractivity contribution < 1.29 is 19.4 Å². The Kier molecular flexibility index (Phi) is 4.56.